The van der Waals surface area contributed by atoms with E-state index < -0.39 is 17.4 Å². The van der Waals surface area contributed by atoms with Crippen LogP contribution in [-0.4, -0.2) is 73.5 Å². The molecule has 2 aliphatic heterocycles. The molecular formula is C25H34N4O6. The highest BCUT2D eigenvalue weighted by Crippen LogP contribution is 2.35. The molecule has 190 valence electrons. The van der Waals surface area contributed by atoms with Gasteiger partial charge in [0, 0.05) is 45.0 Å². The summed E-state index contributed by atoms with van der Waals surface area (Å²) < 4.78 is 18.0. The molecule has 35 heavy (non-hydrogen) atoms. The molecule has 2 atom stereocenters. The van der Waals surface area contributed by atoms with E-state index in [2.05, 4.69) is 15.5 Å². The molecule has 0 radical (unpaired) electrons. The fourth-order valence-corrected chi connectivity index (χ4v) is 4.40. The molecule has 1 aromatic heterocycles. The van der Waals surface area contributed by atoms with Crippen LogP contribution in [0.25, 0.3) is 10.9 Å². The summed E-state index contributed by atoms with van der Waals surface area (Å²) in [4.78, 5) is 41.8. The topological polar surface area (TPSA) is 111 Å². The molecular weight excluding hydrogens is 452 g/mol. The third kappa shape index (κ3) is 5.43. The Kier molecular flexibility index (Phi) is 7.92. The molecule has 1 fully saturated rings. The number of pyridine rings is 1. The van der Waals surface area contributed by atoms with Crippen LogP contribution in [0.2, 0.25) is 0 Å². The van der Waals surface area contributed by atoms with Gasteiger partial charge in [0.05, 0.1) is 24.1 Å². The van der Waals surface area contributed by atoms with Gasteiger partial charge in [0.25, 0.3) is 5.91 Å². The number of carbonyl (C=O) groups excluding carboxylic acids is 2. The van der Waals surface area contributed by atoms with Crippen LogP contribution >= 0.6 is 0 Å². The Labute approximate surface area is 204 Å². The molecule has 2 N–H and O–H groups in total. The summed E-state index contributed by atoms with van der Waals surface area (Å²) in [7, 11) is 0. The molecule has 4 rings (SSSR count). The predicted molar refractivity (Wildman–Crippen MR) is 131 cm³/mol. The molecule has 0 bridgehead atoms. The minimum Gasteiger partial charge on any atom is -0.454 e. The van der Waals surface area contributed by atoms with E-state index >= 15 is 0 Å². The lowest BCUT2D eigenvalue weighted by molar-refractivity contribution is -0.124. The van der Waals surface area contributed by atoms with Crippen molar-refractivity contribution in [3.05, 3.63) is 34.1 Å². The highest BCUT2D eigenvalue weighted by atomic mass is 16.7. The Hall–Kier alpha value is -3.11. The van der Waals surface area contributed by atoms with Crippen molar-refractivity contribution < 1.29 is 23.8 Å². The first kappa shape index (κ1) is 25.0. The van der Waals surface area contributed by atoms with Gasteiger partial charge in [-0.1, -0.05) is 20.3 Å². The van der Waals surface area contributed by atoms with Gasteiger partial charge < -0.3 is 29.4 Å². The molecule has 10 nitrogen and oxygen atoms in total. The molecule has 0 aliphatic carbocycles. The van der Waals surface area contributed by atoms with E-state index in [1.165, 1.54) is 0 Å². The lowest BCUT2D eigenvalue weighted by Gasteiger charge is -2.27. The van der Waals surface area contributed by atoms with E-state index in [0.29, 0.717) is 55.1 Å². The second-order valence-corrected chi connectivity index (χ2v) is 8.96. The predicted octanol–water partition coefficient (Wildman–Crippen LogP) is 1.34. The maximum absolute atomic E-state index is 13.3. The summed E-state index contributed by atoms with van der Waals surface area (Å²) in [5.74, 6) is 0.130. The quantitative estimate of drug-likeness (QED) is 0.550. The number of nitrogens with one attached hydrogen (secondary N) is 2. The summed E-state index contributed by atoms with van der Waals surface area (Å²) in [6, 6.07) is 2.63. The third-order valence-corrected chi connectivity index (χ3v) is 6.77. The number of rotatable bonds is 9. The summed E-state index contributed by atoms with van der Waals surface area (Å²) >= 11 is 0. The number of carbonyl (C=O) groups is 2. The molecule has 0 saturated carbocycles. The zero-order valence-corrected chi connectivity index (χ0v) is 20.6. The van der Waals surface area contributed by atoms with Crippen molar-refractivity contribution in [3.8, 4) is 11.5 Å². The number of hydrogen-bond acceptors (Lipinski definition) is 7. The third-order valence-electron chi connectivity index (χ3n) is 6.77. The van der Waals surface area contributed by atoms with Gasteiger partial charge in [0.2, 0.25) is 18.1 Å². The number of fused-ring (bicyclic) bond motifs is 2. The van der Waals surface area contributed by atoms with Crippen LogP contribution < -0.4 is 25.5 Å². The van der Waals surface area contributed by atoms with Crippen molar-refractivity contribution in [2.45, 2.75) is 39.8 Å². The van der Waals surface area contributed by atoms with E-state index in [1.54, 1.807) is 18.3 Å². The van der Waals surface area contributed by atoms with Gasteiger partial charge in [-0.3, -0.25) is 19.3 Å². The lowest BCUT2D eigenvalue weighted by Crippen LogP contribution is -2.52. The Morgan fingerprint density at radius 2 is 1.83 bits per heavy atom. The molecule has 0 unspecified atom stereocenters. The van der Waals surface area contributed by atoms with Gasteiger partial charge in [-0.2, -0.15) is 0 Å². The standard InChI is InChI=1S/C25H34N4O6/c1-4-16(3)22(25(32)26-6-7-28-8-10-33-11-9-28)27-24(31)18-14-29(5-2)19-13-21-20(34-15-35-21)12-17(19)23(18)30/h12-14,16,22H,4-11,15H2,1-3H3,(H,26,32)(H,27,31)/t16-,22+/m1/s1. The summed E-state index contributed by atoms with van der Waals surface area (Å²) in [5, 5.41) is 6.15. The average molecular weight is 487 g/mol. The highest BCUT2D eigenvalue weighted by Gasteiger charge is 2.28. The van der Waals surface area contributed by atoms with Gasteiger partial charge in [-0.15, -0.1) is 0 Å². The fraction of sp³-hybridized carbons (Fsp3) is 0.560. The fourth-order valence-electron chi connectivity index (χ4n) is 4.40. The largest absolute Gasteiger partial charge is 0.454 e. The van der Waals surface area contributed by atoms with Crippen molar-refractivity contribution in [2.75, 3.05) is 46.2 Å². The van der Waals surface area contributed by atoms with E-state index in [9.17, 15) is 14.4 Å². The zero-order valence-electron chi connectivity index (χ0n) is 20.6. The van der Waals surface area contributed by atoms with Crippen LogP contribution in [0.15, 0.2) is 23.1 Å². The van der Waals surface area contributed by atoms with Crippen molar-refractivity contribution in [2.24, 2.45) is 5.92 Å². The minimum absolute atomic E-state index is 0.00682. The number of hydrogen-bond donors (Lipinski definition) is 2. The molecule has 0 spiro atoms. The van der Waals surface area contributed by atoms with Crippen LogP contribution in [-0.2, 0) is 16.1 Å². The first-order chi connectivity index (χ1) is 16.9. The number of amides is 2. The normalized spacial score (nSPS) is 17.2. The summed E-state index contributed by atoms with van der Waals surface area (Å²) in [6.45, 7) is 10.7. The van der Waals surface area contributed by atoms with E-state index in [-0.39, 0.29) is 24.2 Å². The van der Waals surface area contributed by atoms with Gasteiger partial charge in [-0.05, 0) is 18.9 Å². The number of benzene rings is 1. The molecule has 10 heteroatoms. The summed E-state index contributed by atoms with van der Waals surface area (Å²) in [6.07, 6.45) is 2.24. The SMILES string of the molecule is CC[C@@H](C)[C@H](NC(=O)c1cn(CC)c2cc3c(cc2c1=O)OCO3)C(=O)NCCN1CCOCC1. The summed E-state index contributed by atoms with van der Waals surface area (Å²) in [5.41, 5.74) is 0.251. The van der Waals surface area contributed by atoms with E-state index in [1.807, 2.05) is 25.3 Å². The molecule has 1 aromatic carbocycles. The number of morpholine rings is 1. The minimum atomic E-state index is -0.751. The smallest absolute Gasteiger partial charge is 0.257 e. The first-order valence-electron chi connectivity index (χ1n) is 12.3. The van der Waals surface area contributed by atoms with Gasteiger partial charge >= 0.3 is 0 Å². The van der Waals surface area contributed by atoms with E-state index in [0.717, 1.165) is 19.6 Å². The van der Waals surface area contributed by atoms with Gasteiger partial charge in [0.15, 0.2) is 11.5 Å². The number of ether oxygens (including phenoxy) is 3. The van der Waals surface area contributed by atoms with Crippen molar-refractivity contribution in [1.82, 2.24) is 20.1 Å². The Morgan fingerprint density at radius 3 is 2.51 bits per heavy atom. The average Bonchev–Trinajstić information content (AvgIpc) is 3.34. The second-order valence-electron chi connectivity index (χ2n) is 8.96. The maximum Gasteiger partial charge on any atom is 0.257 e. The first-order valence-corrected chi connectivity index (χ1v) is 12.3. The van der Waals surface area contributed by atoms with Crippen LogP contribution in [0.3, 0.4) is 0 Å². The highest BCUT2D eigenvalue weighted by molar-refractivity contribution is 6.00. The Morgan fingerprint density at radius 1 is 1.11 bits per heavy atom. The zero-order chi connectivity index (χ0) is 24.9. The second kappa shape index (κ2) is 11.1. The molecule has 1 saturated heterocycles. The van der Waals surface area contributed by atoms with Crippen LogP contribution in [0.4, 0.5) is 0 Å². The van der Waals surface area contributed by atoms with Crippen LogP contribution in [0.5, 0.6) is 11.5 Å². The molecule has 3 heterocycles. The van der Waals surface area contributed by atoms with Gasteiger partial charge in [0.1, 0.15) is 11.6 Å². The van der Waals surface area contributed by atoms with Crippen molar-refractivity contribution >= 4 is 22.7 Å². The Bertz CT molecular complexity index is 1140. The molecule has 2 aromatic rings. The molecule has 2 aliphatic rings. The van der Waals surface area contributed by atoms with Crippen molar-refractivity contribution in [1.29, 1.82) is 0 Å². The van der Waals surface area contributed by atoms with Crippen molar-refractivity contribution in [3.63, 3.8) is 0 Å². The number of aromatic nitrogens is 1. The Balaban J connectivity index is 1.52. The van der Waals surface area contributed by atoms with Gasteiger partial charge in [-0.25, -0.2) is 0 Å². The lowest BCUT2D eigenvalue weighted by atomic mass is 9.97. The van der Waals surface area contributed by atoms with Crippen LogP contribution in [0.1, 0.15) is 37.6 Å². The molecule has 2 amide bonds. The number of nitrogens with zero attached hydrogens (tertiary/aromatic N) is 2. The monoisotopic (exact) mass is 486 g/mol. The maximum atomic E-state index is 13.3. The van der Waals surface area contributed by atoms with Crippen LogP contribution in [0, 0.1) is 5.92 Å². The number of aryl methyl sites for hydroxylation is 1. The van der Waals surface area contributed by atoms with E-state index in [4.69, 9.17) is 14.2 Å².